The molecule has 4 rings (SSSR count). The number of aromatic nitrogens is 2. The number of hydrogen-bond donors (Lipinski definition) is 2. The van der Waals surface area contributed by atoms with Crippen molar-refractivity contribution >= 4 is 27.9 Å². The first-order valence-corrected chi connectivity index (χ1v) is 9.67. The van der Waals surface area contributed by atoms with Gasteiger partial charge in [-0.2, -0.15) is 0 Å². The maximum Gasteiger partial charge on any atom is 0.225 e. The van der Waals surface area contributed by atoms with Gasteiger partial charge in [-0.05, 0) is 55.2 Å². The highest BCUT2D eigenvalue weighted by Crippen LogP contribution is 2.29. The second-order valence-electron chi connectivity index (χ2n) is 7.73. The Kier molecular flexibility index (Phi) is 4.67. The number of carbonyl (C=O) groups is 1. The zero-order valence-electron chi connectivity index (χ0n) is 16.7. The molecule has 0 saturated heterocycles. The molecular formula is C23H25N3O2. The maximum atomic E-state index is 12.6. The molecule has 0 radical (unpaired) electrons. The summed E-state index contributed by atoms with van der Waals surface area (Å²) in [7, 11) is 0. The van der Waals surface area contributed by atoms with Crippen molar-refractivity contribution in [3.05, 3.63) is 65.2 Å². The minimum absolute atomic E-state index is 0.0534. The third kappa shape index (κ3) is 3.40. The molecular weight excluding hydrogens is 350 g/mol. The molecule has 0 spiro atoms. The van der Waals surface area contributed by atoms with Gasteiger partial charge in [0.2, 0.25) is 5.91 Å². The van der Waals surface area contributed by atoms with E-state index >= 15 is 0 Å². The minimum atomic E-state index is -0.202. The van der Waals surface area contributed by atoms with Gasteiger partial charge in [-0.1, -0.05) is 26.0 Å². The summed E-state index contributed by atoms with van der Waals surface area (Å²) in [4.78, 5) is 20.5. The molecule has 1 amide bonds. The number of furan rings is 1. The molecule has 0 fully saturated rings. The third-order valence-electron chi connectivity index (χ3n) is 5.21. The lowest BCUT2D eigenvalue weighted by molar-refractivity contribution is -0.121. The maximum absolute atomic E-state index is 12.6. The summed E-state index contributed by atoms with van der Waals surface area (Å²) in [5.74, 6) is 1.13. The average Bonchev–Trinajstić information content (AvgIpc) is 3.24. The number of benzene rings is 2. The molecule has 1 unspecified atom stereocenters. The SMILES string of the molecule is Cc1cc2occ(CC(=O)NC(C)c3nc4ccccc4[nH]3)c2cc1C(C)C. The fourth-order valence-corrected chi connectivity index (χ4v) is 3.72. The highest BCUT2D eigenvalue weighted by molar-refractivity contribution is 5.88. The summed E-state index contributed by atoms with van der Waals surface area (Å²) >= 11 is 0. The Balaban J connectivity index is 1.52. The second-order valence-corrected chi connectivity index (χ2v) is 7.73. The number of hydrogen-bond acceptors (Lipinski definition) is 3. The Labute approximate surface area is 164 Å². The van der Waals surface area contributed by atoms with Crippen molar-refractivity contribution in [2.45, 2.75) is 46.1 Å². The van der Waals surface area contributed by atoms with Crippen LogP contribution in [0.4, 0.5) is 0 Å². The van der Waals surface area contributed by atoms with Crippen LogP contribution in [0.5, 0.6) is 0 Å². The largest absolute Gasteiger partial charge is 0.464 e. The van der Waals surface area contributed by atoms with Gasteiger partial charge in [-0.3, -0.25) is 4.79 Å². The van der Waals surface area contributed by atoms with Crippen molar-refractivity contribution < 1.29 is 9.21 Å². The van der Waals surface area contributed by atoms with Crippen molar-refractivity contribution in [2.24, 2.45) is 0 Å². The molecule has 0 bridgehead atoms. The lowest BCUT2D eigenvalue weighted by Crippen LogP contribution is -2.28. The van der Waals surface area contributed by atoms with Gasteiger partial charge in [0.1, 0.15) is 11.4 Å². The second kappa shape index (κ2) is 7.15. The van der Waals surface area contributed by atoms with Crippen molar-refractivity contribution in [3.63, 3.8) is 0 Å². The van der Waals surface area contributed by atoms with Crippen molar-refractivity contribution in [1.29, 1.82) is 0 Å². The van der Waals surface area contributed by atoms with Gasteiger partial charge in [-0.25, -0.2) is 4.98 Å². The van der Waals surface area contributed by atoms with Crippen molar-refractivity contribution in [1.82, 2.24) is 15.3 Å². The van der Waals surface area contributed by atoms with Crippen LogP contribution in [0.3, 0.4) is 0 Å². The molecule has 5 heteroatoms. The molecule has 0 aliphatic rings. The Morgan fingerprint density at radius 2 is 2.00 bits per heavy atom. The van der Waals surface area contributed by atoms with E-state index in [0.717, 1.165) is 33.4 Å². The Morgan fingerprint density at radius 1 is 1.21 bits per heavy atom. The van der Waals surface area contributed by atoms with Gasteiger partial charge >= 0.3 is 0 Å². The Hall–Kier alpha value is -3.08. The average molecular weight is 375 g/mol. The monoisotopic (exact) mass is 375 g/mol. The molecule has 0 aliphatic carbocycles. The summed E-state index contributed by atoms with van der Waals surface area (Å²) in [6.07, 6.45) is 1.97. The minimum Gasteiger partial charge on any atom is -0.464 e. The van der Waals surface area contributed by atoms with E-state index in [1.165, 1.54) is 11.1 Å². The van der Waals surface area contributed by atoms with E-state index in [9.17, 15) is 4.79 Å². The molecule has 2 heterocycles. The predicted molar refractivity (Wildman–Crippen MR) is 111 cm³/mol. The topological polar surface area (TPSA) is 70.9 Å². The number of imidazole rings is 1. The highest BCUT2D eigenvalue weighted by atomic mass is 16.3. The van der Waals surface area contributed by atoms with Crippen LogP contribution < -0.4 is 5.32 Å². The van der Waals surface area contributed by atoms with Crippen LogP contribution >= 0.6 is 0 Å². The molecule has 0 aliphatic heterocycles. The summed E-state index contributed by atoms with van der Waals surface area (Å²) in [6.45, 7) is 8.38. The van der Waals surface area contributed by atoms with Crippen LogP contribution in [0.25, 0.3) is 22.0 Å². The smallest absolute Gasteiger partial charge is 0.225 e. The zero-order chi connectivity index (χ0) is 19.8. The molecule has 2 aromatic heterocycles. The van der Waals surface area contributed by atoms with Crippen LogP contribution in [-0.2, 0) is 11.2 Å². The van der Waals surface area contributed by atoms with Crippen LogP contribution in [0.1, 0.15) is 55.2 Å². The molecule has 1 atom stereocenters. The number of rotatable bonds is 5. The van der Waals surface area contributed by atoms with Crippen LogP contribution in [0.2, 0.25) is 0 Å². The summed E-state index contributed by atoms with van der Waals surface area (Å²) in [6, 6.07) is 11.9. The number of aromatic amines is 1. The molecule has 0 saturated carbocycles. The number of fused-ring (bicyclic) bond motifs is 2. The lowest BCUT2D eigenvalue weighted by Gasteiger charge is -2.12. The van der Waals surface area contributed by atoms with E-state index in [0.29, 0.717) is 5.92 Å². The normalized spacial score (nSPS) is 12.8. The fourth-order valence-electron chi connectivity index (χ4n) is 3.72. The summed E-state index contributed by atoms with van der Waals surface area (Å²) in [5, 5.41) is 4.05. The number of aryl methyl sites for hydroxylation is 1. The molecule has 144 valence electrons. The first kappa shape index (κ1) is 18.3. The number of H-pyrrole nitrogens is 1. The van der Waals surface area contributed by atoms with Gasteiger partial charge in [0.05, 0.1) is 29.8 Å². The molecule has 2 N–H and O–H groups in total. The quantitative estimate of drug-likeness (QED) is 0.506. The molecule has 2 aromatic carbocycles. The van der Waals surface area contributed by atoms with E-state index in [4.69, 9.17) is 4.42 Å². The third-order valence-corrected chi connectivity index (χ3v) is 5.21. The van der Waals surface area contributed by atoms with Crippen molar-refractivity contribution in [3.8, 4) is 0 Å². The number of nitrogens with zero attached hydrogens (tertiary/aromatic N) is 1. The molecule has 28 heavy (non-hydrogen) atoms. The van der Waals surface area contributed by atoms with Gasteiger partial charge in [0.25, 0.3) is 0 Å². The summed E-state index contributed by atoms with van der Waals surface area (Å²) in [5.41, 5.74) is 6.10. The van der Waals surface area contributed by atoms with E-state index in [1.54, 1.807) is 6.26 Å². The lowest BCUT2D eigenvalue weighted by atomic mass is 9.95. The molecule has 4 aromatic rings. The van der Waals surface area contributed by atoms with E-state index in [2.05, 4.69) is 48.2 Å². The van der Waals surface area contributed by atoms with Crippen LogP contribution in [0, 0.1) is 6.92 Å². The first-order valence-electron chi connectivity index (χ1n) is 9.67. The van der Waals surface area contributed by atoms with E-state index in [1.807, 2.05) is 31.2 Å². The zero-order valence-corrected chi connectivity index (χ0v) is 16.7. The predicted octanol–water partition coefficient (Wildman–Crippen LogP) is 5.16. The van der Waals surface area contributed by atoms with E-state index < -0.39 is 0 Å². The van der Waals surface area contributed by atoms with E-state index in [-0.39, 0.29) is 18.4 Å². The van der Waals surface area contributed by atoms with Crippen molar-refractivity contribution in [2.75, 3.05) is 0 Å². The van der Waals surface area contributed by atoms with Gasteiger partial charge in [-0.15, -0.1) is 0 Å². The van der Waals surface area contributed by atoms with Gasteiger partial charge < -0.3 is 14.7 Å². The van der Waals surface area contributed by atoms with Gasteiger partial charge in [0.15, 0.2) is 0 Å². The number of carbonyl (C=O) groups excluding carboxylic acids is 1. The fraction of sp³-hybridized carbons (Fsp3) is 0.304. The van der Waals surface area contributed by atoms with Gasteiger partial charge in [0, 0.05) is 10.9 Å². The number of para-hydroxylation sites is 2. The highest BCUT2D eigenvalue weighted by Gasteiger charge is 2.17. The van der Waals surface area contributed by atoms with Crippen LogP contribution in [-0.4, -0.2) is 15.9 Å². The number of amides is 1. The standard InChI is InChI=1S/C23H25N3O2/c1-13(2)17-11-18-16(12-28-21(18)9-14(17)3)10-22(27)24-15(4)23-25-19-7-5-6-8-20(19)26-23/h5-9,11-13,15H,10H2,1-4H3,(H,24,27)(H,25,26). The summed E-state index contributed by atoms with van der Waals surface area (Å²) < 4.78 is 5.70. The first-order chi connectivity index (χ1) is 13.4. The Bertz CT molecular complexity index is 1120. The molecule has 5 nitrogen and oxygen atoms in total. The number of nitrogens with one attached hydrogen (secondary N) is 2. The van der Waals surface area contributed by atoms with Crippen LogP contribution in [0.15, 0.2) is 47.1 Å². The Morgan fingerprint density at radius 3 is 2.75 bits per heavy atom.